The lowest BCUT2D eigenvalue weighted by atomic mass is 10.00. The van der Waals surface area contributed by atoms with E-state index in [9.17, 15) is 19.2 Å². The fourth-order valence-corrected chi connectivity index (χ4v) is 2.24. The lowest BCUT2D eigenvalue weighted by Crippen LogP contribution is -2.46. The van der Waals surface area contributed by atoms with Crippen molar-refractivity contribution in [1.82, 2.24) is 10.6 Å². The summed E-state index contributed by atoms with van der Waals surface area (Å²) in [6.45, 7) is 17.7. The molecule has 196 valence electrons. The summed E-state index contributed by atoms with van der Waals surface area (Å²) in [7, 11) is 0. The molecule has 0 aliphatic heterocycles. The number of carbonyl (C=O) groups is 4. The Morgan fingerprint density at radius 2 is 0.939 bits per heavy atom. The zero-order chi connectivity index (χ0) is 25.9. The quantitative estimate of drug-likeness (QED) is 0.408. The molecule has 0 aromatic carbocycles. The van der Waals surface area contributed by atoms with Crippen molar-refractivity contribution in [3.8, 4) is 0 Å². The minimum atomic E-state index is -1.04. The highest BCUT2D eigenvalue weighted by atomic mass is 16.6. The highest BCUT2D eigenvalue weighted by molar-refractivity contribution is 5.80. The fraction of sp³-hybridized carbons (Fsp3) is 0.818. The molecular weight excluding hydrogens is 436 g/mol. The van der Waals surface area contributed by atoms with E-state index in [2.05, 4.69) is 10.6 Å². The normalized spacial score (nSPS) is 14.6. The zero-order valence-electron chi connectivity index (χ0n) is 21.6. The smallest absolute Gasteiger partial charge is 0.408 e. The number of amides is 2. The van der Waals surface area contributed by atoms with Gasteiger partial charge in [0.2, 0.25) is 0 Å². The number of nitrogens with one attached hydrogen (secondary N) is 2. The Balaban J connectivity index is -0.000000529. The van der Waals surface area contributed by atoms with Gasteiger partial charge in [-0.25, -0.2) is 19.2 Å². The molecule has 2 amide bonds. The van der Waals surface area contributed by atoms with Crippen LogP contribution >= 0.6 is 0 Å². The van der Waals surface area contributed by atoms with Gasteiger partial charge < -0.3 is 35.8 Å². The second kappa shape index (κ2) is 15.3. The summed E-state index contributed by atoms with van der Waals surface area (Å²) in [6, 6.07) is -1.81. The molecule has 0 rings (SSSR count). The molecular formula is C22H44N2O9. The van der Waals surface area contributed by atoms with E-state index in [0.29, 0.717) is 12.8 Å². The zero-order valence-corrected chi connectivity index (χ0v) is 21.6. The number of hydrogen-bond donors (Lipinski definition) is 4. The van der Waals surface area contributed by atoms with Gasteiger partial charge in [-0.1, -0.05) is 40.5 Å². The number of carboxylic acid groups (broad SMARTS) is 2. The maximum atomic E-state index is 11.4. The van der Waals surface area contributed by atoms with Crippen molar-refractivity contribution < 1.29 is 44.3 Å². The minimum absolute atomic E-state index is 0. The van der Waals surface area contributed by atoms with Gasteiger partial charge in [0.15, 0.2) is 0 Å². The molecule has 6 N–H and O–H groups in total. The van der Waals surface area contributed by atoms with Gasteiger partial charge in [-0.3, -0.25) is 0 Å². The van der Waals surface area contributed by atoms with Crippen molar-refractivity contribution in [3.63, 3.8) is 0 Å². The Labute approximate surface area is 196 Å². The molecule has 0 aromatic rings. The second-order valence-corrected chi connectivity index (χ2v) is 9.70. The van der Waals surface area contributed by atoms with Crippen LogP contribution in [-0.4, -0.2) is 63.1 Å². The van der Waals surface area contributed by atoms with E-state index in [4.69, 9.17) is 19.7 Å². The van der Waals surface area contributed by atoms with Crippen LogP contribution in [0.4, 0.5) is 9.59 Å². The van der Waals surface area contributed by atoms with Gasteiger partial charge in [0, 0.05) is 0 Å². The van der Waals surface area contributed by atoms with Crippen molar-refractivity contribution in [1.29, 1.82) is 0 Å². The molecule has 0 unspecified atom stereocenters. The third-order valence-electron chi connectivity index (χ3n) is 4.30. The third kappa shape index (κ3) is 17.6. The predicted octanol–water partition coefficient (Wildman–Crippen LogP) is 3.20. The third-order valence-corrected chi connectivity index (χ3v) is 4.30. The van der Waals surface area contributed by atoms with Crippen molar-refractivity contribution in [2.24, 2.45) is 11.8 Å². The first-order valence-electron chi connectivity index (χ1n) is 10.8. The van der Waals surface area contributed by atoms with Gasteiger partial charge in [0.05, 0.1) is 0 Å². The molecule has 0 radical (unpaired) electrons. The van der Waals surface area contributed by atoms with Gasteiger partial charge in [-0.05, 0) is 53.4 Å². The Hall–Kier alpha value is -2.56. The Morgan fingerprint density at radius 3 is 1.09 bits per heavy atom. The average Bonchev–Trinajstić information content (AvgIpc) is 2.60. The van der Waals surface area contributed by atoms with Crippen LogP contribution in [-0.2, 0) is 19.1 Å². The molecule has 0 bridgehead atoms. The Kier molecular flexibility index (Phi) is 16.3. The first-order valence-corrected chi connectivity index (χ1v) is 10.8. The van der Waals surface area contributed by atoms with E-state index < -0.39 is 47.4 Å². The van der Waals surface area contributed by atoms with E-state index in [1.54, 1.807) is 55.4 Å². The monoisotopic (exact) mass is 480 g/mol. The molecule has 0 aliphatic carbocycles. The average molecular weight is 481 g/mol. The largest absolute Gasteiger partial charge is 0.480 e. The summed E-state index contributed by atoms with van der Waals surface area (Å²) >= 11 is 0. The molecule has 33 heavy (non-hydrogen) atoms. The van der Waals surface area contributed by atoms with Crippen LogP contribution in [0.25, 0.3) is 0 Å². The van der Waals surface area contributed by atoms with Crippen molar-refractivity contribution in [2.75, 3.05) is 0 Å². The topological polar surface area (TPSA) is 183 Å². The number of alkyl carbamates (subject to hydrolysis) is 2. The van der Waals surface area contributed by atoms with Crippen molar-refractivity contribution >= 4 is 24.1 Å². The molecule has 0 aromatic heterocycles. The van der Waals surface area contributed by atoms with Gasteiger partial charge in [0.1, 0.15) is 23.3 Å². The molecule has 0 saturated heterocycles. The van der Waals surface area contributed by atoms with Crippen LogP contribution in [0.2, 0.25) is 0 Å². The SMILES string of the molecule is CC[C@@H](C)[C@H](NC(=O)OC(C)(C)C)C(=O)O.CC[C@@H](C)[C@H](NC(=O)OC(C)(C)C)C(=O)O.O. The Morgan fingerprint density at radius 1 is 0.697 bits per heavy atom. The van der Waals surface area contributed by atoms with E-state index >= 15 is 0 Å². The van der Waals surface area contributed by atoms with E-state index in [1.165, 1.54) is 0 Å². The first-order chi connectivity index (χ1) is 14.3. The van der Waals surface area contributed by atoms with Gasteiger partial charge in [-0.2, -0.15) is 0 Å². The summed E-state index contributed by atoms with van der Waals surface area (Å²) in [5.74, 6) is -2.35. The lowest BCUT2D eigenvalue weighted by Gasteiger charge is -2.24. The minimum Gasteiger partial charge on any atom is -0.480 e. The van der Waals surface area contributed by atoms with Gasteiger partial charge >= 0.3 is 24.1 Å². The highest BCUT2D eigenvalue weighted by Gasteiger charge is 2.28. The molecule has 0 spiro atoms. The van der Waals surface area contributed by atoms with Crippen LogP contribution in [0.1, 0.15) is 82.1 Å². The number of carboxylic acids is 2. The lowest BCUT2D eigenvalue weighted by molar-refractivity contribution is -0.141. The number of hydrogen-bond acceptors (Lipinski definition) is 6. The molecule has 4 atom stereocenters. The summed E-state index contributed by atoms with van der Waals surface area (Å²) < 4.78 is 10.00. The summed E-state index contributed by atoms with van der Waals surface area (Å²) in [4.78, 5) is 44.7. The van der Waals surface area contributed by atoms with Crippen LogP contribution in [0.15, 0.2) is 0 Å². The molecule has 0 fully saturated rings. The Bertz CT molecular complexity index is 570. The first kappa shape index (κ1) is 35.0. The number of carbonyl (C=O) groups excluding carboxylic acids is 2. The predicted molar refractivity (Wildman–Crippen MR) is 124 cm³/mol. The summed E-state index contributed by atoms with van der Waals surface area (Å²) in [5, 5.41) is 22.6. The number of rotatable bonds is 8. The van der Waals surface area contributed by atoms with Crippen LogP contribution in [0, 0.1) is 11.8 Å². The van der Waals surface area contributed by atoms with Gasteiger partial charge in [0.25, 0.3) is 0 Å². The fourth-order valence-electron chi connectivity index (χ4n) is 2.24. The second-order valence-electron chi connectivity index (χ2n) is 9.70. The van der Waals surface area contributed by atoms with Crippen LogP contribution < -0.4 is 10.6 Å². The molecule has 0 heterocycles. The summed E-state index contributed by atoms with van der Waals surface area (Å²) in [5.41, 5.74) is -1.24. The van der Waals surface area contributed by atoms with E-state index in [0.717, 1.165) is 0 Å². The molecule has 0 saturated carbocycles. The van der Waals surface area contributed by atoms with Crippen LogP contribution in [0.5, 0.6) is 0 Å². The molecule has 11 nitrogen and oxygen atoms in total. The van der Waals surface area contributed by atoms with Crippen molar-refractivity contribution in [2.45, 2.75) is 105 Å². The van der Waals surface area contributed by atoms with E-state index in [1.807, 2.05) is 13.8 Å². The highest BCUT2D eigenvalue weighted by Crippen LogP contribution is 2.12. The molecule has 0 aliphatic rings. The standard InChI is InChI=1S/2C11H21NO4.H2O/c2*1-6-7(2)8(9(13)14)12-10(15)16-11(3,4)5;/h2*7-8H,6H2,1-5H3,(H,12,15)(H,13,14);1H2/t2*7-,8+;/m11./s1. The van der Waals surface area contributed by atoms with E-state index in [-0.39, 0.29) is 17.3 Å². The van der Waals surface area contributed by atoms with Gasteiger partial charge in [-0.15, -0.1) is 0 Å². The number of ether oxygens (including phenoxy) is 2. The maximum Gasteiger partial charge on any atom is 0.408 e. The van der Waals surface area contributed by atoms with Crippen molar-refractivity contribution in [3.05, 3.63) is 0 Å². The van der Waals surface area contributed by atoms with Crippen LogP contribution in [0.3, 0.4) is 0 Å². The number of aliphatic carboxylic acids is 2. The molecule has 11 heteroatoms. The maximum absolute atomic E-state index is 11.4. The summed E-state index contributed by atoms with van der Waals surface area (Å²) in [6.07, 6.45) is -0.0418.